The average molecular weight is 553 g/mol. The summed E-state index contributed by atoms with van der Waals surface area (Å²) in [7, 11) is 2.69. The van der Waals surface area contributed by atoms with Crippen molar-refractivity contribution in [1.29, 1.82) is 0 Å². The van der Waals surface area contributed by atoms with Crippen LogP contribution in [0.5, 0.6) is 11.5 Å². The summed E-state index contributed by atoms with van der Waals surface area (Å²) in [6.45, 7) is 1.26. The van der Waals surface area contributed by atoms with E-state index in [9.17, 15) is 14.4 Å². The van der Waals surface area contributed by atoms with Crippen LogP contribution >= 0.6 is 11.6 Å². The van der Waals surface area contributed by atoms with Gasteiger partial charge in [-0.1, -0.05) is 29.8 Å². The molecule has 0 aliphatic carbocycles. The van der Waals surface area contributed by atoms with Crippen LogP contribution in [0.1, 0.15) is 24.3 Å². The molecule has 2 aromatic carbocycles. The number of hydrogen-bond donors (Lipinski definition) is 3. The molecule has 12 heteroatoms. The van der Waals surface area contributed by atoms with E-state index in [0.717, 1.165) is 5.56 Å². The summed E-state index contributed by atoms with van der Waals surface area (Å²) in [6.07, 6.45) is 1.36. The fourth-order valence-corrected chi connectivity index (χ4v) is 4.06. The first-order valence-corrected chi connectivity index (χ1v) is 12.0. The molecule has 0 unspecified atom stereocenters. The minimum atomic E-state index is -0.771. The van der Waals surface area contributed by atoms with E-state index in [4.69, 9.17) is 30.2 Å². The molecule has 2 heterocycles. The second-order valence-electron chi connectivity index (χ2n) is 8.27. The molecule has 39 heavy (non-hydrogen) atoms. The lowest BCUT2D eigenvalue weighted by Gasteiger charge is -2.28. The molecule has 1 aliphatic rings. The number of nitrogens with zero attached hydrogens (tertiary/aromatic N) is 1. The molecule has 202 valence electrons. The molecule has 1 aromatic heterocycles. The third-order valence-corrected chi connectivity index (χ3v) is 5.91. The highest BCUT2D eigenvalue weighted by molar-refractivity contribution is 6.30. The van der Waals surface area contributed by atoms with Crippen molar-refractivity contribution in [1.82, 2.24) is 16.1 Å². The minimum Gasteiger partial charge on any atom is -0.493 e. The van der Waals surface area contributed by atoms with E-state index in [1.54, 1.807) is 49.4 Å². The Labute approximate surface area is 228 Å². The number of amides is 3. The number of urea groups is 1. The monoisotopic (exact) mass is 552 g/mol. The molecule has 0 saturated heterocycles. The van der Waals surface area contributed by atoms with Crippen molar-refractivity contribution in [3.05, 3.63) is 82.2 Å². The first kappa shape index (κ1) is 27.3. The first-order valence-electron chi connectivity index (χ1n) is 11.6. The molecule has 0 fully saturated rings. The lowest BCUT2D eigenvalue weighted by molar-refractivity contribution is -0.136. The number of hydrogen-bond acceptors (Lipinski definition) is 8. The van der Waals surface area contributed by atoms with Gasteiger partial charge in [0.05, 0.1) is 32.0 Å². The van der Waals surface area contributed by atoms with Crippen LogP contribution in [0.2, 0.25) is 5.02 Å². The Morgan fingerprint density at radius 2 is 1.95 bits per heavy atom. The van der Waals surface area contributed by atoms with Gasteiger partial charge in [0.2, 0.25) is 0 Å². The van der Waals surface area contributed by atoms with Gasteiger partial charge in [-0.25, -0.2) is 15.0 Å². The molecule has 3 amide bonds. The van der Waals surface area contributed by atoms with Crippen LogP contribution in [-0.4, -0.2) is 44.9 Å². The van der Waals surface area contributed by atoms with Gasteiger partial charge in [-0.05, 0) is 48.9 Å². The van der Waals surface area contributed by atoms with Gasteiger partial charge in [0.15, 0.2) is 18.1 Å². The SMILES string of the molecule is COC(=O)C1=C(C)NC(=O)N[C@H]1c1ccc(OCC(=O)N/N=C\c2ccc(-c3cccc(Cl)c3)o2)c(OC)c1. The van der Waals surface area contributed by atoms with E-state index in [-0.39, 0.29) is 17.9 Å². The zero-order valence-electron chi connectivity index (χ0n) is 21.2. The van der Waals surface area contributed by atoms with Crippen molar-refractivity contribution in [2.45, 2.75) is 13.0 Å². The Hall–Kier alpha value is -4.77. The van der Waals surface area contributed by atoms with Crippen LogP contribution in [0.25, 0.3) is 11.3 Å². The number of esters is 1. The van der Waals surface area contributed by atoms with Gasteiger partial charge in [0, 0.05) is 16.3 Å². The summed E-state index contributed by atoms with van der Waals surface area (Å²) in [4.78, 5) is 36.6. The number of benzene rings is 2. The fourth-order valence-electron chi connectivity index (χ4n) is 3.87. The van der Waals surface area contributed by atoms with Crippen molar-refractivity contribution in [3.63, 3.8) is 0 Å². The molecule has 1 aliphatic heterocycles. The number of carbonyl (C=O) groups excluding carboxylic acids is 3. The molecule has 0 saturated carbocycles. The van der Waals surface area contributed by atoms with E-state index in [0.29, 0.717) is 33.6 Å². The smallest absolute Gasteiger partial charge is 0.337 e. The third-order valence-electron chi connectivity index (χ3n) is 5.67. The molecule has 0 radical (unpaired) electrons. The molecule has 0 bridgehead atoms. The predicted octanol–water partition coefficient (Wildman–Crippen LogP) is 3.94. The van der Waals surface area contributed by atoms with E-state index < -0.39 is 23.9 Å². The van der Waals surface area contributed by atoms with Crippen molar-refractivity contribution in [3.8, 4) is 22.8 Å². The molecule has 3 aromatic rings. The summed E-state index contributed by atoms with van der Waals surface area (Å²) >= 11 is 6.02. The minimum absolute atomic E-state index is 0.251. The summed E-state index contributed by atoms with van der Waals surface area (Å²) < 4.78 is 21.6. The number of nitrogens with one attached hydrogen (secondary N) is 3. The largest absolute Gasteiger partial charge is 0.493 e. The molecular weight excluding hydrogens is 528 g/mol. The maximum absolute atomic E-state index is 12.3. The summed E-state index contributed by atoms with van der Waals surface area (Å²) in [5.41, 5.74) is 4.36. The number of furan rings is 1. The lowest BCUT2D eigenvalue weighted by Crippen LogP contribution is -2.45. The molecule has 0 spiro atoms. The van der Waals surface area contributed by atoms with Crippen LogP contribution in [0.15, 0.2) is 75.4 Å². The number of allylic oxidation sites excluding steroid dienone is 1. The van der Waals surface area contributed by atoms with Crippen LogP contribution in [-0.2, 0) is 14.3 Å². The van der Waals surface area contributed by atoms with Crippen LogP contribution in [0.3, 0.4) is 0 Å². The number of rotatable bonds is 9. The van der Waals surface area contributed by atoms with Gasteiger partial charge in [-0.3, -0.25) is 4.79 Å². The number of halogens is 1. The van der Waals surface area contributed by atoms with Gasteiger partial charge in [0.1, 0.15) is 11.5 Å². The fraction of sp³-hybridized carbons (Fsp3) is 0.185. The lowest BCUT2D eigenvalue weighted by atomic mass is 9.95. The number of carbonyl (C=O) groups is 3. The predicted molar refractivity (Wildman–Crippen MR) is 143 cm³/mol. The third kappa shape index (κ3) is 6.57. The Bertz CT molecular complexity index is 1460. The first-order chi connectivity index (χ1) is 18.8. The summed E-state index contributed by atoms with van der Waals surface area (Å²) in [5, 5.41) is 9.75. The van der Waals surface area contributed by atoms with Gasteiger partial charge in [0.25, 0.3) is 5.91 Å². The highest BCUT2D eigenvalue weighted by Gasteiger charge is 2.32. The van der Waals surface area contributed by atoms with Gasteiger partial charge >= 0.3 is 12.0 Å². The van der Waals surface area contributed by atoms with E-state index in [2.05, 4.69) is 21.2 Å². The van der Waals surface area contributed by atoms with E-state index in [1.807, 2.05) is 12.1 Å². The molecule has 1 atom stereocenters. The molecule has 11 nitrogen and oxygen atoms in total. The highest BCUT2D eigenvalue weighted by atomic mass is 35.5. The Morgan fingerprint density at radius 3 is 2.69 bits per heavy atom. The van der Waals surface area contributed by atoms with E-state index >= 15 is 0 Å². The van der Waals surface area contributed by atoms with Crippen LogP contribution in [0, 0.1) is 0 Å². The zero-order chi connectivity index (χ0) is 27.9. The maximum atomic E-state index is 12.3. The van der Waals surface area contributed by atoms with E-state index in [1.165, 1.54) is 20.4 Å². The average Bonchev–Trinajstić information content (AvgIpc) is 3.40. The highest BCUT2D eigenvalue weighted by Crippen LogP contribution is 2.34. The normalized spacial score (nSPS) is 15.0. The van der Waals surface area contributed by atoms with Crippen molar-refractivity contribution < 1.29 is 33.0 Å². The van der Waals surface area contributed by atoms with Crippen LogP contribution in [0.4, 0.5) is 4.79 Å². The van der Waals surface area contributed by atoms with Crippen molar-refractivity contribution in [2.24, 2.45) is 5.10 Å². The summed E-state index contributed by atoms with van der Waals surface area (Å²) in [6, 6.07) is 14.3. The second kappa shape index (κ2) is 12.2. The Kier molecular flexibility index (Phi) is 8.52. The topological polar surface area (TPSA) is 140 Å². The van der Waals surface area contributed by atoms with Crippen LogP contribution < -0.4 is 25.5 Å². The molecular formula is C27H25ClN4O7. The Morgan fingerprint density at radius 1 is 1.13 bits per heavy atom. The van der Waals surface area contributed by atoms with Gasteiger partial charge in [-0.15, -0.1) is 0 Å². The number of hydrazone groups is 1. The number of ether oxygens (including phenoxy) is 3. The van der Waals surface area contributed by atoms with Gasteiger partial charge in [-0.2, -0.15) is 5.10 Å². The maximum Gasteiger partial charge on any atom is 0.337 e. The Balaban J connectivity index is 1.37. The van der Waals surface area contributed by atoms with Gasteiger partial charge < -0.3 is 29.3 Å². The van der Waals surface area contributed by atoms with Crippen molar-refractivity contribution in [2.75, 3.05) is 20.8 Å². The number of methoxy groups -OCH3 is 2. The molecule has 4 rings (SSSR count). The summed E-state index contributed by atoms with van der Waals surface area (Å²) in [5.74, 6) is 0.510. The quantitative estimate of drug-likeness (QED) is 0.207. The van der Waals surface area contributed by atoms with Crippen molar-refractivity contribution >= 4 is 35.7 Å². The molecule has 3 N–H and O–H groups in total. The zero-order valence-corrected chi connectivity index (χ0v) is 22.0. The second-order valence-corrected chi connectivity index (χ2v) is 8.70. The standard InChI is InChI=1S/C27H25ClN4O7/c1-15-24(26(34)37-3)25(31-27(35)30-15)17-7-9-21(22(12-17)36-2)38-14-23(33)32-29-13-19-8-10-20(39-19)16-5-4-6-18(28)11-16/h4-13,25H,14H2,1-3H3,(H,32,33)(H2,30,31,35)/b29-13-/t25-/m0/s1.